The summed E-state index contributed by atoms with van der Waals surface area (Å²) in [5.41, 5.74) is 5.51. The van der Waals surface area contributed by atoms with Gasteiger partial charge in [-0.3, -0.25) is 9.69 Å². The number of amides is 1. The number of nitrogens with one attached hydrogen (secondary N) is 1. The highest BCUT2D eigenvalue weighted by atomic mass is 16.5. The average Bonchev–Trinajstić information content (AvgIpc) is 2.79. The molecule has 2 aromatic heterocycles. The Balaban J connectivity index is 0.000000252. The predicted octanol–water partition coefficient (Wildman–Crippen LogP) is 1.90. The van der Waals surface area contributed by atoms with Gasteiger partial charge in [-0.15, -0.1) is 0 Å². The highest BCUT2D eigenvalue weighted by molar-refractivity contribution is 6.11. The summed E-state index contributed by atoms with van der Waals surface area (Å²) in [5.74, 6) is -1.62. The van der Waals surface area contributed by atoms with Gasteiger partial charge in [-0.05, 0) is 32.0 Å². The molecule has 1 amide bonds. The Hall–Kier alpha value is -3.44. The number of aromatic nitrogens is 2. The molecule has 0 atom stereocenters. The molecular weight excluding hydrogens is 430 g/mol. The van der Waals surface area contributed by atoms with Crippen LogP contribution in [0.15, 0.2) is 24.5 Å². The molecule has 4 heterocycles. The summed E-state index contributed by atoms with van der Waals surface area (Å²) >= 11 is 0. The number of ether oxygens (including phenoxy) is 3. The van der Waals surface area contributed by atoms with E-state index in [-0.39, 0.29) is 34.3 Å². The summed E-state index contributed by atoms with van der Waals surface area (Å²) in [7, 11) is 2.73. The fourth-order valence-corrected chi connectivity index (χ4v) is 3.58. The molecule has 178 valence electrons. The van der Waals surface area contributed by atoms with Gasteiger partial charge in [-0.2, -0.15) is 0 Å². The van der Waals surface area contributed by atoms with Crippen LogP contribution < -0.4 is 20.5 Å². The first kappa shape index (κ1) is 24.2. The molecule has 2 aliphatic heterocycles. The number of carboxylic acids is 1. The SMILES string of the molecule is C1CCN(C2COC2)CC1.COc1cc(C(=O)O)c(NC(=O)c2c(OC)ccnc2N)cn1. The Kier molecular flexibility index (Phi) is 8.39. The van der Waals surface area contributed by atoms with Gasteiger partial charge >= 0.3 is 5.97 Å². The molecule has 0 spiro atoms. The number of methoxy groups -OCH3 is 2. The molecule has 4 N–H and O–H groups in total. The molecule has 0 aromatic carbocycles. The van der Waals surface area contributed by atoms with Crippen molar-refractivity contribution in [3.8, 4) is 11.6 Å². The number of hydrogen-bond acceptors (Lipinski definition) is 9. The second-order valence-corrected chi connectivity index (χ2v) is 7.59. The van der Waals surface area contributed by atoms with E-state index in [0.717, 1.165) is 19.3 Å². The molecule has 0 radical (unpaired) electrons. The number of nitrogens with two attached hydrogens (primary N) is 1. The summed E-state index contributed by atoms with van der Waals surface area (Å²) in [6.45, 7) is 4.60. The van der Waals surface area contributed by atoms with Crippen LogP contribution in [-0.2, 0) is 4.74 Å². The summed E-state index contributed by atoms with van der Waals surface area (Å²) in [5, 5.41) is 11.7. The van der Waals surface area contributed by atoms with E-state index in [1.54, 1.807) is 0 Å². The number of rotatable bonds is 6. The Bertz CT molecular complexity index is 976. The monoisotopic (exact) mass is 459 g/mol. The number of aromatic carboxylic acids is 1. The van der Waals surface area contributed by atoms with Crippen molar-refractivity contribution in [1.82, 2.24) is 14.9 Å². The number of nitrogen functional groups attached to an aromatic ring is 1. The van der Waals surface area contributed by atoms with Crippen molar-refractivity contribution in [2.45, 2.75) is 25.3 Å². The number of piperidine rings is 1. The van der Waals surface area contributed by atoms with Crippen molar-refractivity contribution in [3.63, 3.8) is 0 Å². The van der Waals surface area contributed by atoms with Gasteiger partial charge in [-0.1, -0.05) is 6.42 Å². The lowest BCUT2D eigenvalue weighted by atomic mass is 10.1. The first-order valence-electron chi connectivity index (χ1n) is 10.6. The summed E-state index contributed by atoms with van der Waals surface area (Å²) in [6, 6.07) is 3.44. The molecule has 2 aliphatic rings. The molecule has 0 saturated carbocycles. The standard InChI is InChI=1S/C14H14N4O5.C8H15NO/c1-22-9-3-4-16-12(15)11(9)13(19)18-8-6-17-10(23-2)5-7(8)14(20)21;1-2-4-9(5-3-1)8-6-10-7-8/h3-6H,1-2H3,(H2,15,16)(H,18,19)(H,20,21);8H,1-7H2. The zero-order chi connectivity index (χ0) is 23.8. The topological polar surface area (TPSA) is 149 Å². The van der Waals surface area contributed by atoms with Gasteiger partial charge < -0.3 is 30.4 Å². The van der Waals surface area contributed by atoms with Gasteiger partial charge in [0.1, 0.15) is 17.1 Å². The van der Waals surface area contributed by atoms with E-state index >= 15 is 0 Å². The zero-order valence-electron chi connectivity index (χ0n) is 18.7. The normalized spacial score (nSPS) is 16.1. The predicted molar refractivity (Wildman–Crippen MR) is 121 cm³/mol. The second kappa shape index (κ2) is 11.4. The van der Waals surface area contributed by atoms with Crippen molar-refractivity contribution in [2.75, 3.05) is 51.6 Å². The van der Waals surface area contributed by atoms with Crippen LogP contribution in [0.25, 0.3) is 0 Å². The zero-order valence-corrected chi connectivity index (χ0v) is 18.7. The fraction of sp³-hybridized carbons (Fsp3) is 0.455. The van der Waals surface area contributed by atoms with Crippen molar-refractivity contribution in [2.24, 2.45) is 0 Å². The Morgan fingerprint density at radius 1 is 1.18 bits per heavy atom. The van der Waals surface area contributed by atoms with Crippen LogP contribution in [0, 0.1) is 0 Å². The maximum atomic E-state index is 12.4. The number of likely N-dealkylation sites (tertiary alicyclic amines) is 1. The van der Waals surface area contributed by atoms with E-state index in [4.69, 9.17) is 19.9 Å². The van der Waals surface area contributed by atoms with Gasteiger partial charge in [0, 0.05) is 12.3 Å². The average molecular weight is 460 g/mol. The number of pyridine rings is 2. The van der Waals surface area contributed by atoms with Crippen molar-refractivity contribution >= 4 is 23.4 Å². The molecule has 2 saturated heterocycles. The Morgan fingerprint density at radius 3 is 2.48 bits per heavy atom. The van der Waals surface area contributed by atoms with E-state index in [9.17, 15) is 14.7 Å². The minimum atomic E-state index is -1.24. The van der Waals surface area contributed by atoms with Gasteiger partial charge in [-0.25, -0.2) is 14.8 Å². The molecule has 4 rings (SSSR count). The lowest BCUT2D eigenvalue weighted by molar-refractivity contribution is -0.0698. The maximum absolute atomic E-state index is 12.4. The van der Waals surface area contributed by atoms with Crippen LogP contribution in [0.4, 0.5) is 11.5 Å². The quantitative estimate of drug-likeness (QED) is 0.584. The summed E-state index contributed by atoms with van der Waals surface area (Å²) < 4.78 is 15.1. The smallest absolute Gasteiger partial charge is 0.338 e. The third kappa shape index (κ3) is 6.08. The van der Waals surface area contributed by atoms with Gasteiger partial charge in [0.25, 0.3) is 5.91 Å². The van der Waals surface area contributed by atoms with Crippen LogP contribution in [0.5, 0.6) is 11.6 Å². The van der Waals surface area contributed by atoms with E-state index in [2.05, 4.69) is 20.2 Å². The lowest BCUT2D eigenvalue weighted by Gasteiger charge is -2.39. The molecule has 11 heteroatoms. The second-order valence-electron chi connectivity index (χ2n) is 7.59. The molecule has 33 heavy (non-hydrogen) atoms. The van der Waals surface area contributed by atoms with E-state index in [1.807, 2.05) is 0 Å². The van der Waals surface area contributed by atoms with E-state index in [1.165, 1.54) is 71.1 Å². The fourth-order valence-electron chi connectivity index (χ4n) is 3.58. The van der Waals surface area contributed by atoms with Crippen molar-refractivity contribution < 1.29 is 28.9 Å². The molecule has 0 bridgehead atoms. The number of nitrogens with zero attached hydrogens (tertiary/aromatic N) is 3. The number of carbonyl (C=O) groups is 2. The first-order valence-corrected chi connectivity index (χ1v) is 10.6. The molecule has 0 unspecified atom stereocenters. The van der Waals surface area contributed by atoms with Crippen LogP contribution >= 0.6 is 0 Å². The molecular formula is C22H29N5O6. The maximum Gasteiger partial charge on any atom is 0.338 e. The number of anilines is 2. The largest absolute Gasteiger partial charge is 0.496 e. The van der Waals surface area contributed by atoms with Crippen LogP contribution in [0.1, 0.15) is 40.0 Å². The highest BCUT2D eigenvalue weighted by Gasteiger charge is 2.26. The summed E-state index contributed by atoms with van der Waals surface area (Å²) in [4.78, 5) is 34.0. The van der Waals surface area contributed by atoms with Crippen LogP contribution in [0.3, 0.4) is 0 Å². The van der Waals surface area contributed by atoms with Gasteiger partial charge in [0.05, 0.1) is 50.9 Å². The minimum absolute atomic E-state index is 0.00200. The summed E-state index contributed by atoms with van der Waals surface area (Å²) in [6.07, 6.45) is 6.80. The molecule has 2 fully saturated rings. The lowest BCUT2D eigenvalue weighted by Crippen LogP contribution is -2.50. The minimum Gasteiger partial charge on any atom is -0.496 e. The van der Waals surface area contributed by atoms with E-state index in [0.29, 0.717) is 0 Å². The van der Waals surface area contributed by atoms with Crippen LogP contribution in [-0.4, -0.2) is 78.4 Å². The van der Waals surface area contributed by atoms with Gasteiger partial charge in [0.15, 0.2) is 0 Å². The first-order chi connectivity index (χ1) is 15.9. The third-order valence-corrected chi connectivity index (χ3v) is 5.48. The molecule has 0 aliphatic carbocycles. The molecule has 2 aromatic rings. The third-order valence-electron chi connectivity index (χ3n) is 5.48. The van der Waals surface area contributed by atoms with Gasteiger partial charge in [0.2, 0.25) is 5.88 Å². The van der Waals surface area contributed by atoms with E-state index < -0.39 is 11.9 Å². The van der Waals surface area contributed by atoms with Crippen molar-refractivity contribution in [1.29, 1.82) is 0 Å². The molecule has 11 nitrogen and oxygen atoms in total. The Labute approximate surface area is 191 Å². The number of carboxylic acid groups (broad SMARTS) is 1. The van der Waals surface area contributed by atoms with Crippen LogP contribution in [0.2, 0.25) is 0 Å². The van der Waals surface area contributed by atoms with Crippen molar-refractivity contribution in [3.05, 3.63) is 35.7 Å². The Morgan fingerprint density at radius 2 is 1.91 bits per heavy atom. The highest BCUT2D eigenvalue weighted by Crippen LogP contribution is 2.25. The number of hydrogen-bond donors (Lipinski definition) is 3. The number of carbonyl (C=O) groups excluding carboxylic acids is 1.